The molecular weight excluding hydrogens is 252 g/mol. The highest BCUT2D eigenvalue weighted by atomic mass is 32.2. The lowest BCUT2D eigenvalue weighted by Crippen LogP contribution is -2.36. The minimum Gasteiger partial charge on any atom is -0.305 e. The van der Waals surface area contributed by atoms with Crippen LogP contribution in [0.4, 0.5) is 0 Å². The molecule has 1 aromatic heterocycles. The predicted octanol–water partition coefficient (Wildman–Crippen LogP) is 0.526. The first-order valence-corrected chi connectivity index (χ1v) is 7.93. The number of nitrogens with zero attached hydrogens (tertiary/aromatic N) is 3. The van der Waals surface area contributed by atoms with Crippen molar-refractivity contribution in [1.29, 1.82) is 0 Å². The highest BCUT2D eigenvalue weighted by molar-refractivity contribution is 7.91. The first-order valence-electron chi connectivity index (χ1n) is 6.11. The van der Waals surface area contributed by atoms with Gasteiger partial charge in [-0.1, -0.05) is 0 Å². The smallest absolute Gasteiger partial charge is 0.152 e. The lowest BCUT2D eigenvalue weighted by atomic mass is 10.1. The third-order valence-electron chi connectivity index (χ3n) is 2.98. The van der Waals surface area contributed by atoms with Crippen molar-refractivity contribution in [3.8, 4) is 0 Å². The van der Waals surface area contributed by atoms with E-state index < -0.39 is 9.84 Å². The summed E-state index contributed by atoms with van der Waals surface area (Å²) in [7, 11) is -2.89. The van der Waals surface area contributed by atoms with Gasteiger partial charge in [-0.2, -0.15) is 5.10 Å². The molecule has 1 fully saturated rings. The molecule has 0 aliphatic carbocycles. The van der Waals surface area contributed by atoms with E-state index in [-0.39, 0.29) is 23.1 Å². The van der Waals surface area contributed by atoms with Crippen molar-refractivity contribution in [3.63, 3.8) is 0 Å². The molecule has 7 heteroatoms. The summed E-state index contributed by atoms with van der Waals surface area (Å²) >= 11 is 0. The molecule has 0 radical (unpaired) electrons. The van der Waals surface area contributed by atoms with E-state index >= 15 is 0 Å². The Balaban J connectivity index is 2.09. The van der Waals surface area contributed by atoms with Crippen LogP contribution in [-0.4, -0.2) is 40.2 Å². The second kappa shape index (κ2) is 4.62. The molecule has 0 saturated carbocycles. The number of rotatable bonds is 3. The van der Waals surface area contributed by atoms with Gasteiger partial charge in [0.05, 0.1) is 24.1 Å². The molecule has 6 nitrogen and oxygen atoms in total. The molecule has 1 saturated heterocycles. The van der Waals surface area contributed by atoms with Crippen molar-refractivity contribution in [2.24, 2.45) is 0 Å². The molecule has 1 atom stereocenters. The quantitative estimate of drug-likeness (QED) is 0.868. The van der Waals surface area contributed by atoms with E-state index in [2.05, 4.69) is 36.2 Å². The summed E-state index contributed by atoms with van der Waals surface area (Å²) in [5.74, 6) is 1.23. The summed E-state index contributed by atoms with van der Waals surface area (Å²) < 4.78 is 24.7. The van der Waals surface area contributed by atoms with Crippen LogP contribution in [0.5, 0.6) is 0 Å². The van der Waals surface area contributed by atoms with Gasteiger partial charge in [0.15, 0.2) is 9.84 Å². The minimum absolute atomic E-state index is 0.00146. The van der Waals surface area contributed by atoms with Gasteiger partial charge < -0.3 is 5.32 Å². The number of hydrogen-bond acceptors (Lipinski definition) is 5. The van der Waals surface area contributed by atoms with Crippen LogP contribution < -0.4 is 5.32 Å². The Morgan fingerprint density at radius 2 is 2.22 bits per heavy atom. The maximum Gasteiger partial charge on any atom is 0.152 e. The average Bonchev–Trinajstić information content (AvgIpc) is 2.79. The Bertz CT molecular complexity index is 515. The molecule has 1 N–H and O–H groups in total. The van der Waals surface area contributed by atoms with Gasteiger partial charge in [-0.3, -0.25) is 0 Å². The van der Waals surface area contributed by atoms with Crippen LogP contribution in [0.3, 0.4) is 0 Å². The minimum atomic E-state index is -2.89. The highest BCUT2D eigenvalue weighted by Crippen LogP contribution is 2.23. The fourth-order valence-corrected chi connectivity index (χ4v) is 3.71. The Hall–Kier alpha value is -0.950. The lowest BCUT2D eigenvalue weighted by Gasteiger charge is -2.21. The van der Waals surface area contributed by atoms with E-state index in [9.17, 15) is 8.42 Å². The molecule has 1 aromatic rings. The molecule has 1 aliphatic rings. The van der Waals surface area contributed by atoms with Crippen molar-refractivity contribution >= 4 is 9.84 Å². The number of aromatic nitrogens is 3. The van der Waals surface area contributed by atoms with Crippen molar-refractivity contribution in [1.82, 2.24) is 20.1 Å². The Morgan fingerprint density at radius 1 is 1.50 bits per heavy atom. The summed E-state index contributed by atoms with van der Waals surface area (Å²) in [6.07, 6.45) is 2.12. The maximum absolute atomic E-state index is 11.5. The van der Waals surface area contributed by atoms with Crippen LogP contribution in [0, 0.1) is 0 Å². The fraction of sp³-hybridized carbons (Fsp3) is 0.818. The summed E-state index contributed by atoms with van der Waals surface area (Å²) in [5.41, 5.74) is -0.00146. The average molecular weight is 272 g/mol. The summed E-state index contributed by atoms with van der Waals surface area (Å²) in [5, 5.41) is 7.50. The number of nitrogens with one attached hydrogen (secondary N) is 1. The third kappa shape index (κ3) is 3.29. The van der Waals surface area contributed by atoms with E-state index in [0.717, 1.165) is 5.82 Å². The van der Waals surface area contributed by atoms with Crippen LogP contribution >= 0.6 is 0 Å². The van der Waals surface area contributed by atoms with Gasteiger partial charge in [0.1, 0.15) is 12.2 Å². The van der Waals surface area contributed by atoms with Crippen LogP contribution in [-0.2, 0) is 16.4 Å². The van der Waals surface area contributed by atoms with Crippen LogP contribution in [0.25, 0.3) is 0 Å². The van der Waals surface area contributed by atoms with Crippen molar-refractivity contribution < 1.29 is 8.42 Å². The largest absolute Gasteiger partial charge is 0.305 e. The topological polar surface area (TPSA) is 76.9 Å². The SMILES string of the molecule is CC(C)(C)NCc1ncnn1C1CCS(=O)(=O)C1. The monoisotopic (exact) mass is 272 g/mol. The van der Waals surface area contributed by atoms with Crippen LogP contribution in [0.2, 0.25) is 0 Å². The van der Waals surface area contributed by atoms with E-state index in [4.69, 9.17) is 0 Å². The molecule has 0 spiro atoms. The van der Waals surface area contributed by atoms with Gasteiger partial charge in [0, 0.05) is 5.54 Å². The van der Waals surface area contributed by atoms with Gasteiger partial charge in [-0.05, 0) is 27.2 Å². The van der Waals surface area contributed by atoms with Crippen molar-refractivity contribution in [2.75, 3.05) is 11.5 Å². The summed E-state index contributed by atoms with van der Waals surface area (Å²) in [6, 6.07) is -0.0609. The molecule has 2 rings (SSSR count). The van der Waals surface area contributed by atoms with Crippen LogP contribution in [0.15, 0.2) is 6.33 Å². The molecule has 1 unspecified atom stereocenters. The first kappa shape index (κ1) is 13.5. The zero-order chi connectivity index (χ0) is 13.4. The fourth-order valence-electron chi connectivity index (χ4n) is 2.02. The normalized spacial score (nSPS) is 23.4. The molecule has 0 amide bonds. The second-order valence-corrected chi connectivity index (χ2v) is 8.01. The Morgan fingerprint density at radius 3 is 2.78 bits per heavy atom. The Kier molecular flexibility index (Phi) is 3.46. The van der Waals surface area contributed by atoms with Crippen molar-refractivity contribution in [2.45, 2.75) is 45.3 Å². The van der Waals surface area contributed by atoms with Crippen molar-refractivity contribution in [3.05, 3.63) is 12.2 Å². The maximum atomic E-state index is 11.5. The molecule has 18 heavy (non-hydrogen) atoms. The lowest BCUT2D eigenvalue weighted by molar-refractivity contribution is 0.396. The van der Waals surface area contributed by atoms with Gasteiger partial charge in [0.25, 0.3) is 0 Å². The van der Waals surface area contributed by atoms with Gasteiger partial charge >= 0.3 is 0 Å². The standard InChI is InChI=1S/C11H20N4O2S/c1-11(2,3)13-6-10-12-8-14-15(10)9-4-5-18(16,17)7-9/h8-9,13H,4-7H2,1-3H3. The summed E-state index contributed by atoms with van der Waals surface area (Å²) in [4.78, 5) is 4.21. The van der Waals surface area contributed by atoms with Gasteiger partial charge in [-0.15, -0.1) is 0 Å². The molecule has 0 aromatic carbocycles. The molecule has 2 heterocycles. The second-order valence-electron chi connectivity index (χ2n) is 5.78. The highest BCUT2D eigenvalue weighted by Gasteiger charge is 2.31. The molecule has 0 bridgehead atoms. The Labute approximate surface area is 108 Å². The van der Waals surface area contributed by atoms with E-state index in [1.807, 2.05) is 0 Å². The summed E-state index contributed by atoms with van der Waals surface area (Å²) in [6.45, 7) is 6.83. The molecule has 102 valence electrons. The van der Waals surface area contributed by atoms with E-state index in [0.29, 0.717) is 13.0 Å². The number of hydrogen-bond donors (Lipinski definition) is 1. The molecular formula is C11H20N4O2S. The van der Waals surface area contributed by atoms with Crippen LogP contribution in [0.1, 0.15) is 39.1 Å². The predicted molar refractivity (Wildman–Crippen MR) is 68.9 cm³/mol. The van der Waals surface area contributed by atoms with E-state index in [1.165, 1.54) is 6.33 Å². The molecule has 1 aliphatic heterocycles. The zero-order valence-electron chi connectivity index (χ0n) is 11.0. The van der Waals surface area contributed by atoms with Gasteiger partial charge in [0.2, 0.25) is 0 Å². The third-order valence-corrected chi connectivity index (χ3v) is 4.73. The van der Waals surface area contributed by atoms with E-state index in [1.54, 1.807) is 4.68 Å². The zero-order valence-corrected chi connectivity index (χ0v) is 11.9. The van der Waals surface area contributed by atoms with Gasteiger partial charge in [-0.25, -0.2) is 18.1 Å². The first-order chi connectivity index (χ1) is 8.27. The number of sulfone groups is 1.